The molecule has 0 N–H and O–H groups in total. The van der Waals surface area contributed by atoms with Gasteiger partial charge in [0.15, 0.2) is 5.60 Å². The Kier molecular flexibility index (Phi) is 6.00. The van der Waals surface area contributed by atoms with Gasteiger partial charge in [0, 0.05) is 66.3 Å². The molecule has 5 nitrogen and oxygen atoms in total. The summed E-state index contributed by atoms with van der Waals surface area (Å²) in [5.41, 5.74) is 5.82. The summed E-state index contributed by atoms with van der Waals surface area (Å²) in [6, 6.07) is 18.9. The second-order valence-corrected chi connectivity index (χ2v) is 10.4. The van der Waals surface area contributed by atoms with Crippen molar-refractivity contribution in [2.75, 3.05) is 45.1 Å². The van der Waals surface area contributed by atoms with E-state index in [0.717, 1.165) is 43.7 Å². The lowest BCUT2D eigenvalue weighted by Crippen LogP contribution is -2.35. The van der Waals surface area contributed by atoms with Gasteiger partial charge in [0.05, 0.1) is 12.7 Å². The van der Waals surface area contributed by atoms with Crippen molar-refractivity contribution < 1.29 is 14.3 Å². The van der Waals surface area contributed by atoms with Gasteiger partial charge in [-0.15, -0.1) is 11.3 Å². The number of aryl methyl sites for hydroxylation is 1. The summed E-state index contributed by atoms with van der Waals surface area (Å²) >= 11 is 1.58. The van der Waals surface area contributed by atoms with E-state index in [-0.39, 0.29) is 5.97 Å². The molecule has 4 aromatic rings. The second-order valence-electron chi connectivity index (χ2n) is 9.50. The highest BCUT2D eigenvalue weighted by molar-refractivity contribution is 7.17. The lowest BCUT2D eigenvalue weighted by Gasteiger charge is -2.38. The van der Waals surface area contributed by atoms with Gasteiger partial charge in [0.25, 0.3) is 0 Å². The lowest BCUT2D eigenvalue weighted by molar-refractivity contribution is 0.0599. The highest BCUT2D eigenvalue weighted by Crippen LogP contribution is 2.48. The molecule has 0 saturated carbocycles. The molecule has 1 aliphatic heterocycles. The Bertz CT molecular complexity index is 1480. The van der Waals surface area contributed by atoms with Gasteiger partial charge in [0.2, 0.25) is 0 Å². The minimum Gasteiger partial charge on any atom is -0.472 e. The number of ether oxygens (including phenoxy) is 2. The molecule has 0 aliphatic carbocycles. The van der Waals surface area contributed by atoms with Gasteiger partial charge in [-0.1, -0.05) is 18.2 Å². The first-order chi connectivity index (χ1) is 17.2. The fraction of sp³-hybridized carbons (Fsp3) is 0.233. The standard InChI is InChI=1S/C30H30N2O3S/c1-19-17-22(32(4)5)11-12-26(19)30(20-7-9-21(10-8-20)31(2)3)15-13-23-25(29(33)34-6)18-27-24(14-16-36-27)28(23)35-30/h7-18H,1-6H3. The van der Waals surface area contributed by atoms with Crippen molar-refractivity contribution in [2.45, 2.75) is 12.5 Å². The molecule has 1 atom stereocenters. The second kappa shape index (κ2) is 9.03. The molecule has 0 saturated heterocycles. The molecular weight excluding hydrogens is 468 g/mol. The smallest absolute Gasteiger partial charge is 0.338 e. The maximum Gasteiger partial charge on any atom is 0.338 e. The first kappa shape index (κ1) is 23.9. The Hall–Kier alpha value is -3.77. The van der Waals surface area contributed by atoms with E-state index in [1.807, 2.05) is 45.7 Å². The first-order valence-electron chi connectivity index (χ1n) is 11.8. The number of fused-ring (bicyclic) bond motifs is 3. The molecule has 2 heterocycles. The molecule has 1 aliphatic rings. The van der Waals surface area contributed by atoms with Crippen molar-refractivity contribution in [3.05, 3.63) is 93.9 Å². The SMILES string of the molecule is COC(=O)c1cc2sccc2c2c1C=CC(c1ccc(N(C)C)cc1)(c1ccc(N(C)C)cc1C)O2. The number of methoxy groups -OCH3 is 1. The maximum atomic E-state index is 12.7. The van der Waals surface area contributed by atoms with Crippen LogP contribution in [0.2, 0.25) is 0 Å². The van der Waals surface area contributed by atoms with Crippen molar-refractivity contribution in [3.63, 3.8) is 0 Å². The maximum absolute atomic E-state index is 12.7. The van der Waals surface area contributed by atoms with Crippen LogP contribution < -0.4 is 14.5 Å². The number of benzene rings is 3. The molecule has 0 spiro atoms. The predicted molar refractivity (Wildman–Crippen MR) is 150 cm³/mol. The van der Waals surface area contributed by atoms with E-state index in [4.69, 9.17) is 9.47 Å². The number of rotatable bonds is 5. The number of esters is 1. The van der Waals surface area contributed by atoms with Gasteiger partial charge < -0.3 is 19.3 Å². The monoisotopic (exact) mass is 498 g/mol. The molecular formula is C30H30N2O3S. The number of hydrogen-bond acceptors (Lipinski definition) is 6. The van der Waals surface area contributed by atoms with E-state index in [9.17, 15) is 4.79 Å². The minimum atomic E-state index is -0.865. The third-order valence-corrected chi connectivity index (χ3v) is 7.71. The van der Waals surface area contributed by atoms with Crippen molar-refractivity contribution >= 4 is 44.8 Å². The van der Waals surface area contributed by atoms with Crippen LogP contribution in [0.25, 0.3) is 16.2 Å². The number of thiophene rings is 1. The molecule has 5 rings (SSSR count). The normalized spacial score (nSPS) is 16.4. The zero-order valence-electron chi connectivity index (χ0n) is 21.5. The Morgan fingerprint density at radius 2 is 1.64 bits per heavy atom. The molecule has 1 unspecified atom stereocenters. The lowest BCUT2D eigenvalue weighted by atomic mass is 9.80. The summed E-state index contributed by atoms with van der Waals surface area (Å²) in [5.74, 6) is 0.327. The molecule has 36 heavy (non-hydrogen) atoms. The van der Waals surface area contributed by atoms with Gasteiger partial charge in [-0.25, -0.2) is 4.79 Å². The summed E-state index contributed by atoms with van der Waals surface area (Å²) < 4.78 is 13.2. The number of carbonyl (C=O) groups excluding carboxylic acids is 1. The van der Waals surface area contributed by atoms with Crippen molar-refractivity contribution in [3.8, 4) is 5.75 Å². The van der Waals surface area contributed by atoms with Gasteiger partial charge in [-0.05, 0) is 66.4 Å². The number of nitrogens with zero attached hydrogens (tertiary/aromatic N) is 2. The van der Waals surface area contributed by atoms with Gasteiger partial charge in [-0.2, -0.15) is 0 Å². The van der Waals surface area contributed by atoms with Crippen LogP contribution in [0.4, 0.5) is 11.4 Å². The van der Waals surface area contributed by atoms with Crippen molar-refractivity contribution in [1.82, 2.24) is 0 Å². The Morgan fingerprint density at radius 3 is 2.28 bits per heavy atom. The average molecular weight is 499 g/mol. The summed E-state index contributed by atoms with van der Waals surface area (Å²) in [6.07, 6.45) is 4.09. The molecule has 0 radical (unpaired) electrons. The fourth-order valence-corrected chi connectivity index (χ4v) is 5.68. The van der Waals surface area contributed by atoms with E-state index in [1.54, 1.807) is 11.3 Å². The van der Waals surface area contributed by atoms with Crippen LogP contribution in [-0.2, 0) is 10.3 Å². The topological polar surface area (TPSA) is 42.0 Å². The number of anilines is 2. The highest BCUT2D eigenvalue weighted by atomic mass is 32.1. The molecule has 0 amide bonds. The Balaban J connectivity index is 1.77. The largest absolute Gasteiger partial charge is 0.472 e. The molecule has 184 valence electrons. The van der Waals surface area contributed by atoms with Crippen LogP contribution >= 0.6 is 11.3 Å². The zero-order chi connectivity index (χ0) is 25.6. The van der Waals surface area contributed by atoms with Crippen LogP contribution in [0.1, 0.15) is 32.6 Å². The summed E-state index contributed by atoms with van der Waals surface area (Å²) in [7, 11) is 9.55. The molecule has 1 aromatic heterocycles. The highest BCUT2D eigenvalue weighted by Gasteiger charge is 2.40. The van der Waals surface area contributed by atoms with Crippen LogP contribution in [0.5, 0.6) is 5.75 Å². The van der Waals surface area contributed by atoms with Crippen molar-refractivity contribution in [2.24, 2.45) is 0 Å². The van der Waals surface area contributed by atoms with Gasteiger partial charge in [-0.3, -0.25) is 0 Å². The minimum absolute atomic E-state index is 0.371. The summed E-state index contributed by atoms with van der Waals surface area (Å²) in [4.78, 5) is 16.9. The van der Waals surface area contributed by atoms with Gasteiger partial charge >= 0.3 is 5.97 Å². The average Bonchev–Trinajstić information content (AvgIpc) is 3.36. The quantitative estimate of drug-likeness (QED) is 0.295. The van der Waals surface area contributed by atoms with Crippen LogP contribution in [0.15, 0.2) is 66.1 Å². The van der Waals surface area contributed by atoms with E-state index >= 15 is 0 Å². The summed E-state index contributed by atoms with van der Waals surface area (Å²) in [6.45, 7) is 2.12. The van der Waals surface area contributed by atoms with E-state index in [1.165, 1.54) is 7.11 Å². The van der Waals surface area contributed by atoms with Crippen molar-refractivity contribution in [1.29, 1.82) is 0 Å². The number of carbonyl (C=O) groups is 1. The van der Waals surface area contributed by atoms with Crippen LogP contribution in [0.3, 0.4) is 0 Å². The number of hydrogen-bond donors (Lipinski definition) is 0. The summed E-state index contributed by atoms with van der Waals surface area (Å²) in [5, 5.41) is 3.02. The Labute approximate surface area is 216 Å². The van der Waals surface area contributed by atoms with Crippen LogP contribution in [-0.4, -0.2) is 41.3 Å². The van der Waals surface area contributed by atoms with E-state index in [0.29, 0.717) is 11.3 Å². The molecule has 0 fully saturated rings. The van der Waals surface area contributed by atoms with E-state index < -0.39 is 5.60 Å². The van der Waals surface area contributed by atoms with Gasteiger partial charge in [0.1, 0.15) is 5.75 Å². The Morgan fingerprint density at radius 1 is 0.944 bits per heavy atom. The molecule has 0 bridgehead atoms. The first-order valence-corrected chi connectivity index (χ1v) is 12.7. The zero-order valence-corrected chi connectivity index (χ0v) is 22.3. The third kappa shape index (κ3) is 3.82. The fourth-order valence-electron chi connectivity index (χ4n) is 4.85. The van der Waals surface area contributed by atoms with Crippen LogP contribution in [0, 0.1) is 6.92 Å². The third-order valence-electron chi connectivity index (χ3n) is 6.84. The van der Waals surface area contributed by atoms with E-state index in [2.05, 4.69) is 71.3 Å². The molecule has 6 heteroatoms. The molecule has 3 aromatic carbocycles. The predicted octanol–water partition coefficient (Wildman–Crippen LogP) is 6.48.